The maximum absolute atomic E-state index is 14.0. The number of methoxy groups -OCH3 is 1. The van der Waals surface area contributed by atoms with E-state index in [2.05, 4.69) is 10.6 Å². The van der Waals surface area contributed by atoms with Crippen LogP contribution < -0.4 is 15.4 Å². The number of thioether (sulfide) groups is 1. The van der Waals surface area contributed by atoms with E-state index in [-0.39, 0.29) is 67.7 Å². The molecule has 4 aromatic rings. The van der Waals surface area contributed by atoms with E-state index >= 15 is 0 Å². The number of guanidine groups is 1. The summed E-state index contributed by atoms with van der Waals surface area (Å²) >= 11 is 1.57. The molecule has 5 amide bonds. The summed E-state index contributed by atoms with van der Waals surface area (Å²) in [5.74, 6) is -0.464. The van der Waals surface area contributed by atoms with Crippen LogP contribution >= 0.6 is 11.8 Å². The molecule has 2 heterocycles. The van der Waals surface area contributed by atoms with E-state index in [0.29, 0.717) is 39.5 Å². The molecule has 2 atom stereocenters. The zero-order valence-corrected chi connectivity index (χ0v) is 37.6. The number of likely N-dealkylation sites (tertiary alicyclic amines) is 2. The molecule has 2 saturated heterocycles. The Kier molecular flexibility index (Phi) is 17.0. The lowest BCUT2D eigenvalue weighted by molar-refractivity contribution is -0.385. The van der Waals surface area contributed by atoms with Crippen LogP contribution in [-0.4, -0.2) is 116 Å². The van der Waals surface area contributed by atoms with Gasteiger partial charge < -0.3 is 29.2 Å². The van der Waals surface area contributed by atoms with Gasteiger partial charge in [-0.2, -0.15) is 11.8 Å². The van der Waals surface area contributed by atoms with Crippen molar-refractivity contribution >= 4 is 64.9 Å². The lowest BCUT2D eigenvalue weighted by atomic mass is 10.1. The fraction of sp³-hybridized carbons (Fsp3) is 0.318. The number of hydrogen-bond acceptors (Lipinski definition) is 17. The summed E-state index contributed by atoms with van der Waals surface area (Å²) in [6, 6.07) is 21.9. The van der Waals surface area contributed by atoms with Gasteiger partial charge in [-0.3, -0.25) is 55.6 Å². The predicted molar refractivity (Wildman–Crippen MR) is 244 cm³/mol. The van der Waals surface area contributed by atoms with Crippen molar-refractivity contribution in [1.82, 2.24) is 25.3 Å². The van der Waals surface area contributed by atoms with E-state index in [1.807, 2.05) is 24.3 Å². The molecule has 0 aliphatic carbocycles. The van der Waals surface area contributed by atoms with E-state index in [4.69, 9.17) is 24.4 Å². The van der Waals surface area contributed by atoms with E-state index in [1.54, 1.807) is 18.9 Å². The molecular weight excluding hydrogens is 927 g/mol. The summed E-state index contributed by atoms with van der Waals surface area (Å²) in [7, 11) is 1.57. The molecule has 0 unspecified atom stereocenters. The number of nitro groups is 3. The zero-order chi connectivity index (χ0) is 49.6. The van der Waals surface area contributed by atoms with E-state index in [1.165, 1.54) is 82.6 Å². The van der Waals surface area contributed by atoms with Crippen LogP contribution in [0.25, 0.3) is 0 Å². The first-order valence-electron chi connectivity index (χ1n) is 21.0. The number of benzene rings is 4. The number of nitrogens with zero attached hydrogens (tertiary/aromatic N) is 6. The fourth-order valence-electron chi connectivity index (χ4n) is 7.00. The fourth-order valence-corrected chi connectivity index (χ4v) is 8.20. The van der Waals surface area contributed by atoms with E-state index in [0.717, 1.165) is 5.56 Å². The number of ether oxygens (including phenoxy) is 4. The molecule has 0 radical (unpaired) electrons. The maximum Gasteiger partial charge on any atom is 0.416 e. The molecule has 4 aromatic carbocycles. The molecule has 2 aliphatic rings. The van der Waals surface area contributed by atoms with E-state index < -0.39 is 70.0 Å². The molecule has 2 fully saturated rings. The quantitative estimate of drug-likeness (QED) is 0.0357. The normalized spacial score (nSPS) is 15.2. The van der Waals surface area contributed by atoms with Gasteiger partial charge in [0.15, 0.2) is 0 Å². The molecule has 0 bridgehead atoms. The van der Waals surface area contributed by atoms with E-state index in [9.17, 15) is 54.3 Å². The lowest BCUT2D eigenvalue weighted by Gasteiger charge is -2.41. The van der Waals surface area contributed by atoms with Crippen molar-refractivity contribution in [3.05, 3.63) is 150 Å². The van der Waals surface area contributed by atoms with Crippen molar-refractivity contribution in [2.24, 2.45) is 0 Å². The second kappa shape index (κ2) is 23.4. The summed E-state index contributed by atoms with van der Waals surface area (Å²) in [4.78, 5) is 101. The smallest absolute Gasteiger partial charge is 0.416 e. The SMILES string of the molecule is COc1ccc(CS[C@H]2C[C@@H](C(=O)N3CC(NC(=O)CCN(C(=N)NC(=O)OCc4ccc([N+](=O)[O-])cc4)C(=O)OCc4ccc([N+](=O)[O-])cc4)C3)N(C(=O)OCc3ccc([N+](=O)[O-])cc3)C2)cc1. The van der Waals surface area contributed by atoms with Gasteiger partial charge in [-0.25, -0.2) is 19.3 Å². The highest BCUT2D eigenvalue weighted by Gasteiger charge is 2.45. The number of rotatable bonds is 18. The van der Waals surface area contributed by atoms with Crippen LogP contribution in [0.5, 0.6) is 5.75 Å². The van der Waals surface area contributed by atoms with Crippen LogP contribution in [0.2, 0.25) is 0 Å². The van der Waals surface area contributed by atoms with Crippen LogP contribution in [0.15, 0.2) is 97.1 Å². The third-order valence-corrected chi connectivity index (χ3v) is 12.1. The number of alkyl carbamates (subject to hydrolysis) is 1. The van der Waals surface area contributed by atoms with Crippen molar-refractivity contribution in [2.45, 2.75) is 55.7 Å². The zero-order valence-electron chi connectivity index (χ0n) is 36.8. The van der Waals surface area contributed by atoms with Gasteiger partial charge in [0, 0.05) is 80.0 Å². The van der Waals surface area contributed by atoms with Crippen LogP contribution in [0.1, 0.15) is 35.1 Å². The number of amides is 5. The Balaban J connectivity index is 1.03. The number of nitrogens with one attached hydrogen (secondary N) is 3. The van der Waals surface area contributed by atoms with Gasteiger partial charge in [-0.05, 0) is 77.2 Å². The lowest BCUT2D eigenvalue weighted by Crippen LogP contribution is -2.64. The second-order valence-corrected chi connectivity index (χ2v) is 16.8. The third kappa shape index (κ3) is 14.1. The molecule has 0 spiro atoms. The molecule has 24 nitrogen and oxygen atoms in total. The van der Waals surface area contributed by atoms with Crippen molar-refractivity contribution in [1.29, 1.82) is 5.41 Å². The van der Waals surface area contributed by atoms with Gasteiger partial charge in [0.1, 0.15) is 31.6 Å². The molecule has 25 heteroatoms. The summed E-state index contributed by atoms with van der Waals surface area (Å²) in [5.41, 5.74) is 1.78. The summed E-state index contributed by atoms with van der Waals surface area (Å²) < 4.78 is 21.2. The van der Waals surface area contributed by atoms with Gasteiger partial charge in [0.2, 0.25) is 17.8 Å². The molecule has 6 rings (SSSR count). The highest BCUT2D eigenvalue weighted by atomic mass is 32.2. The molecule has 0 saturated carbocycles. The third-order valence-electron chi connectivity index (χ3n) is 10.8. The van der Waals surface area contributed by atoms with Crippen molar-refractivity contribution in [3.63, 3.8) is 0 Å². The standard InChI is InChI=1S/C44H45N9O15S/c1-65-36-16-8-31(9-17-36)27-69-37-20-38(50(23-37)44(58)68-26-30-6-14-35(15-7-30)53(63)64)40(55)48-21-32(22-48)46-39(54)18-19-49(43(57)67-25-29-4-12-34(13-5-29)52(61)62)41(45)47-42(56)66-24-28-2-10-33(11-3-28)51(59)60/h2-17,32,37-38H,18-27H2,1H3,(H,46,54)(H2,45,47,56)/t37-,38-/m0/s1. The minimum absolute atomic E-state index is 0.0926. The Morgan fingerprint density at radius 1 is 0.710 bits per heavy atom. The number of carbonyl (C=O) groups excluding carboxylic acids is 5. The molecule has 362 valence electrons. The Bertz CT molecular complexity index is 2540. The molecule has 2 aliphatic heterocycles. The predicted octanol–water partition coefficient (Wildman–Crippen LogP) is 5.65. The van der Waals surface area contributed by atoms with Crippen molar-refractivity contribution in [3.8, 4) is 5.75 Å². The first-order valence-corrected chi connectivity index (χ1v) is 22.0. The van der Waals surface area contributed by atoms with Gasteiger partial charge in [-0.15, -0.1) is 0 Å². The number of hydrogen-bond donors (Lipinski definition) is 3. The molecular formula is C44H45N9O15S. The molecule has 69 heavy (non-hydrogen) atoms. The minimum atomic E-state index is -1.17. The number of carbonyl (C=O) groups is 5. The van der Waals surface area contributed by atoms with Crippen molar-refractivity contribution in [2.75, 3.05) is 33.3 Å². The summed E-state index contributed by atoms with van der Waals surface area (Å²) in [6.45, 7) is -1.00. The Labute approximate surface area is 396 Å². The topological polar surface area (TPSA) is 309 Å². The number of nitro benzene ring substituents is 3. The first-order chi connectivity index (χ1) is 33.1. The van der Waals surface area contributed by atoms with Gasteiger partial charge in [0.05, 0.1) is 27.9 Å². The average Bonchev–Trinajstić information content (AvgIpc) is 3.77. The van der Waals surface area contributed by atoms with Crippen molar-refractivity contribution < 1.29 is 57.7 Å². The number of non-ortho nitro benzene ring substituents is 3. The minimum Gasteiger partial charge on any atom is -0.497 e. The highest BCUT2D eigenvalue weighted by molar-refractivity contribution is 7.99. The Hall–Kier alpha value is -8.35. The van der Waals surface area contributed by atoms with Crippen LogP contribution in [0.4, 0.5) is 31.4 Å². The summed E-state index contributed by atoms with van der Waals surface area (Å²) in [5, 5.41) is 46.3. The Morgan fingerprint density at radius 2 is 1.20 bits per heavy atom. The second-order valence-electron chi connectivity index (χ2n) is 15.5. The van der Waals surface area contributed by atoms with Crippen LogP contribution in [0, 0.1) is 35.8 Å². The van der Waals surface area contributed by atoms with Gasteiger partial charge in [0.25, 0.3) is 17.1 Å². The monoisotopic (exact) mass is 971 g/mol. The molecule has 3 N–H and O–H groups in total. The first kappa shape index (κ1) is 50.1. The van der Waals surface area contributed by atoms with Gasteiger partial charge in [-0.1, -0.05) is 12.1 Å². The Morgan fingerprint density at radius 3 is 1.71 bits per heavy atom. The highest BCUT2D eigenvalue weighted by Crippen LogP contribution is 2.33. The maximum atomic E-state index is 14.0. The largest absolute Gasteiger partial charge is 0.497 e. The summed E-state index contributed by atoms with van der Waals surface area (Å²) in [6.07, 6.45) is -3.15. The average molecular weight is 972 g/mol. The molecule has 0 aromatic heterocycles. The van der Waals surface area contributed by atoms with Gasteiger partial charge >= 0.3 is 18.3 Å². The van der Waals surface area contributed by atoms with Crippen LogP contribution in [-0.2, 0) is 49.4 Å². The van der Waals surface area contributed by atoms with Crippen LogP contribution in [0.3, 0.4) is 0 Å².